The number of para-hydroxylation sites is 1. The number of carbonyl (C=O) groups is 1. The Labute approximate surface area is 159 Å². The summed E-state index contributed by atoms with van der Waals surface area (Å²) in [5.74, 6) is -0.179. The van der Waals surface area contributed by atoms with Crippen molar-refractivity contribution in [3.8, 4) is 11.3 Å². The van der Waals surface area contributed by atoms with Gasteiger partial charge in [-0.05, 0) is 0 Å². The van der Waals surface area contributed by atoms with E-state index in [9.17, 15) is 4.79 Å². The Hall–Kier alpha value is -1.88. The van der Waals surface area contributed by atoms with Crippen molar-refractivity contribution in [3.63, 3.8) is 0 Å². The van der Waals surface area contributed by atoms with Crippen LogP contribution in [0.15, 0.2) is 60.7 Å². The van der Waals surface area contributed by atoms with E-state index < -0.39 is 18.8 Å². The molecule has 3 aromatic rings. The topological polar surface area (TPSA) is 39.2 Å². The minimum atomic E-state index is -2.84. The molecule has 1 heterocycles. The number of nitrogens with zero attached hydrogens (tertiary/aromatic N) is 1. The SMILES string of the molecule is C[CH2][Sn]([CH2]C)([CH2]C)[O]C(=O)c1cc(-c2ccccc2)nc2ccccc12. The Kier molecular flexibility index (Phi) is 5.97. The van der Waals surface area contributed by atoms with E-state index in [2.05, 4.69) is 20.8 Å². The number of aromatic nitrogens is 1. The number of hydrogen-bond acceptors (Lipinski definition) is 3. The zero-order valence-corrected chi connectivity index (χ0v) is 18.5. The Balaban J connectivity index is 2.11. The van der Waals surface area contributed by atoms with Gasteiger partial charge in [-0.2, -0.15) is 0 Å². The van der Waals surface area contributed by atoms with Gasteiger partial charge in [0.1, 0.15) is 0 Å². The summed E-state index contributed by atoms with van der Waals surface area (Å²) >= 11 is -2.84. The average Bonchev–Trinajstić information content (AvgIpc) is 2.71. The summed E-state index contributed by atoms with van der Waals surface area (Å²) in [7, 11) is 0. The molecule has 134 valence electrons. The standard InChI is InChI=1S/C16H11NO2.3C2H5.Sn/c18-16(19)13-10-15(11-6-2-1-3-7-11)17-14-9-5-4-8-12(13)14;3*1-2;/h1-10H,(H,18,19);3*1H2,2H3;/q;;;;+1/p-1. The van der Waals surface area contributed by atoms with Crippen molar-refractivity contribution in [3.05, 3.63) is 66.2 Å². The molecule has 1 aromatic heterocycles. The second-order valence-electron chi connectivity index (χ2n) is 6.57. The molecule has 0 saturated carbocycles. The van der Waals surface area contributed by atoms with Crippen molar-refractivity contribution in [2.75, 3.05) is 0 Å². The van der Waals surface area contributed by atoms with Gasteiger partial charge in [-0.15, -0.1) is 0 Å². The minimum absolute atomic E-state index is 0.179. The van der Waals surface area contributed by atoms with Crippen LogP contribution in [0.1, 0.15) is 31.1 Å². The Morgan fingerprint density at radius 1 is 0.923 bits per heavy atom. The fourth-order valence-corrected chi connectivity index (χ4v) is 10.3. The monoisotopic (exact) mass is 455 g/mol. The third kappa shape index (κ3) is 3.78. The molecule has 0 aliphatic heterocycles. The molecule has 0 bridgehead atoms. The third-order valence-electron chi connectivity index (χ3n) is 5.25. The zero-order valence-electron chi connectivity index (χ0n) is 15.7. The van der Waals surface area contributed by atoms with E-state index >= 15 is 0 Å². The molecule has 0 radical (unpaired) electrons. The van der Waals surface area contributed by atoms with Gasteiger partial charge < -0.3 is 0 Å². The van der Waals surface area contributed by atoms with Gasteiger partial charge in [0, 0.05) is 0 Å². The first-order valence-corrected chi connectivity index (χ1v) is 16.5. The van der Waals surface area contributed by atoms with Crippen LogP contribution in [0.3, 0.4) is 0 Å². The molecule has 0 atom stereocenters. The molecule has 0 saturated heterocycles. The number of carbonyl (C=O) groups excluding carboxylic acids is 1. The van der Waals surface area contributed by atoms with Crippen molar-refractivity contribution < 1.29 is 7.87 Å². The van der Waals surface area contributed by atoms with E-state index in [1.807, 2.05) is 60.7 Å². The fraction of sp³-hybridized carbons (Fsp3) is 0.273. The molecule has 0 aliphatic rings. The Morgan fingerprint density at radius 3 is 2.19 bits per heavy atom. The van der Waals surface area contributed by atoms with Crippen LogP contribution in [0.2, 0.25) is 13.3 Å². The normalized spacial score (nSPS) is 11.5. The van der Waals surface area contributed by atoms with Crippen molar-refractivity contribution in [1.29, 1.82) is 0 Å². The quantitative estimate of drug-likeness (QED) is 0.425. The van der Waals surface area contributed by atoms with E-state index in [0.717, 1.165) is 35.5 Å². The summed E-state index contributed by atoms with van der Waals surface area (Å²) in [4.78, 5) is 17.9. The first kappa shape index (κ1) is 18.9. The van der Waals surface area contributed by atoms with Gasteiger partial charge >= 0.3 is 160 Å². The number of rotatable bonds is 6. The van der Waals surface area contributed by atoms with Crippen LogP contribution in [0, 0.1) is 0 Å². The summed E-state index contributed by atoms with van der Waals surface area (Å²) in [5, 5.41) is 0.862. The van der Waals surface area contributed by atoms with E-state index in [1.54, 1.807) is 0 Å². The summed E-state index contributed by atoms with van der Waals surface area (Å²) in [6.07, 6.45) is 0. The van der Waals surface area contributed by atoms with E-state index in [-0.39, 0.29) is 5.97 Å². The molecular weight excluding hydrogens is 429 g/mol. The van der Waals surface area contributed by atoms with Crippen LogP contribution in [-0.2, 0) is 3.07 Å². The zero-order chi connectivity index (χ0) is 18.6. The maximum absolute atomic E-state index is 13.1. The molecule has 0 spiro atoms. The van der Waals surface area contributed by atoms with Crippen LogP contribution in [0.4, 0.5) is 0 Å². The number of hydrogen-bond donors (Lipinski definition) is 0. The first-order valence-electron chi connectivity index (χ1n) is 9.31. The average molecular weight is 454 g/mol. The predicted octanol–water partition coefficient (Wildman–Crippen LogP) is 6.06. The van der Waals surface area contributed by atoms with E-state index in [4.69, 9.17) is 8.06 Å². The van der Waals surface area contributed by atoms with Crippen molar-refractivity contribution in [2.45, 2.75) is 34.1 Å². The second-order valence-corrected chi connectivity index (χ2v) is 20.0. The first-order chi connectivity index (χ1) is 12.6. The summed E-state index contributed by atoms with van der Waals surface area (Å²) < 4.78 is 9.26. The molecule has 0 unspecified atom stereocenters. The summed E-state index contributed by atoms with van der Waals surface area (Å²) in [6.45, 7) is 6.49. The van der Waals surface area contributed by atoms with Gasteiger partial charge in [-0.1, -0.05) is 0 Å². The molecule has 0 amide bonds. The van der Waals surface area contributed by atoms with Crippen LogP contribution in [-0.4, -0.2) is 29.7 Å². The van der Waals surface area contributed by atoms with Crippen molar-refractivity contribution in [2.24, 2.45) is 0 Å². The number of fused-ring (bicyclic) bond motifs is 1. The summed E-state index contributed by atoms with van der Waals surface area (Å²) in [6, 6.07) is 19.7. The molecule has 0 N–H and O–H groups in total. The van der Waals surface area contributed by atoms with Gasteiger partial charge in [-0.3, -0.25) is 0 Å². The molecule has 0 aliphatic carbocycles. The van der Waals surface area contributed by atoms with Gasteiger partial charge in [0.15, 0.2) is 0 Å². The van der Waals surface area contributed by atoms with Crippen LogP contribution in [0.25, 0.3) is 22.2 Å². The van der Waals surface area contributed by atoms with Gasteiger partial charge in [-0.25, -0.2) is 0 Å². The molecule has 3 rings (SSSR count). The van der Waals surface area contributed by atoms with Crippen LogP contribution >= 0.6 is 0 Å². The number of pyridine rings is 1. The van der Waals surface area contributed by atoms with Crippen LogP contribution < -0.4 is 0 Å². The molecule has 4 heteroatoms. The second kappa shape index (κ2) is 8.21. The van der Waals surface area contributed by atoms with Gasteiger partial charge in [0.2, 0.25) is 0 Å². The molecule has 2 aromatic carbocycles. The van der Waals surface area contributed by atoms with Crippen molar-refractivity contribution in [1.82, 2.24) is 4.98 Å². The summed E-state index contributed by atoms with van der Waals surface area (Å²) in [5.41, 5.74) is 3.27. The Bertz CT molecular complexity index is 896. The third-order valence-corrected chi connectivity index (χ3v) is 18.0. The van der Waals surface area contributed by atoms with E-state index in [1.165, 1.54) is 0 Å². The molecule has 3 nitrogen and oxygen atoms in total. The predicted molar refractivity (Wildman–Crippen MR) is 110 cm³/mol. The van der Waals surface area contributed by atoms with Crippen molar-refractivity contribution >= 4 is 35.7 Å². The van der Waals surface area contributed by atoms with E-state index in [0.29, 0.717) is 5.56 Å². The Morgan fingerprint density at radius 2 is 1.54 bits per heavy atom. The molecule has 0 fully saturated rings. The molecule has 26 heavy (non-hydrogen) atoms. The fourth-order valence-electron chi connectivity index (χ4n) is 3.32. The van der Waals surface area contributed by atoms with Gasteiger partial charge in [0.25, 0.3) is 0 Å². The maximum atomic E-state index is 13.1. The number of benzene rings is 2. The van der Waals surface area contributed by atoms with Crippen LogP contribution in [0.5, 0.6) is 0 Å². The van der Waals surface area contributed by atoms with Gasteiger partial charge in [0.05, 0.1) is 0 Å². The molecular formula is C22H25NO2Sn.